The molecule has 6 heteroatoms. The fourth-order valence-corrected chi connectivity index (χ4v) is 0.501. The zero-order chi connectivity index (χ0) is 9.56. The molecule has 0 saturated carbocycles. The number of carboxylic acid groups (broad SMARTS) is 1. The molecule has 0 atom stereocenters. The summed E-state index contributed by atoms with van der Waals surface area (Å²) in [4.78, 5) is 13.8. The molecule has 0 aliphatic carbocycles. The number of carbonyl (C=O) groups is 1. The molecule has 0 rings (SSSR count). The molecule has 0 saturated heterocycles. The molecule has 0 unspecified atom stereocenters. The maximum atomic E-state index is 10.1. The third-order valence-corrected chi connectivity index (χ3v) is 1.03. The molecule has 0 radical (unpaired) electrons. The number of rotatable bonds is 4. The minimum absolute atomic E-state index is 0.0164. The van der Waals surface area contributed by atoms with E-state index < -0.39 is 5.97 Å². The lowest BCUT2D eigenvalue weighted by Crippen LogP contribution is -2.22. The van der Waals surface area contributed by atoms with Gasteiger partial charge in [0.15, 0.2) is 5.96 Å². The van der Waals surface area contributed by atoms with Crippen LogP contribution in [0.3, 0.4) is 0 Å². The van der Waals surface area contributed by atoms with Crippen molar-refractivity contribution in [2.24, 2.45) is 22.2 Å². The lowest BCUT2D eigenvalue weighted by Gasteiger charge is -1.92. The zero-order valence-electron chi connectivity index (χ0n) is 6.53. The number of aliphatic imine (C=N–C) groups is 1. The number of nitrogens with two attached hydrogens (primary N) is 3. The van der Waals surface area contributed by atoms with Gasteiger partial charge < -0.3 is 22.3 Å². The lowest BCUT2D eigenvalue weighted by atomic mass is 10.3. The summed E-state index contributed by atoms with van der Waals surface area (Å²) < 4.78 is 0. The molecule has 0 amide bonds. The minimum Gasteiger partial charge on any atom is -0.477 e. The van der Waals surface area contributed by atoms with Gasteiger partial charge in [-0.15, -0.1) is 0 Å². The van der Waals surface area contributed by atoms with Gasteiger partial charge in [0.2, 0.25) is 0 Å². The second kappa shape index (κ2) is 5.00. The van der Waals surface area contributed by atoms with Crippen molar-refractivity contribution in [3.05, 3.63) is 11.8 Å². The molecule has 0 aliphatic heterocycles. The van der Waals surface area contributed by atoms with E-state index in [4.69, 9.17) is 22.3 Å². The van der Waals surface area contributed by atoms with E-state index in [2.05, 4.69) is 4.99 Å². The van der Waals surface area contributed by atoms with Crippen molar-refractivity contribution in [1.29, 1.82) is 0 Å². The van der Waals surface area contributed by atoms with Crippen LogP contribution in [0.5, 0.6) is 0 Å². The van der Waals surface area contributed by atoms with E-state index in [-0.39, 0.29) is 11.7 Å². The van der Waals surface area contributed by atoms with E-state index in [9.17, 15) is 4.79 Å². The van der Waals surface area contributed by atoms with Gasteiger partial charge in [0.1, 0.15) is 5.70 Å². The quantitative estimate of drug-likeness (QED) is 0.179. The predicted octanol–water partition coefficient (Wildman–Crippen LogP) is -1.42. The van der Waals surface area contributed by atoms with Crippen molar-refractivity contribution in [2.75, 3.05) is 6.54 Å². The first-order valence-corrected chi connectivity index (χ1v) is 3.28. The molecular weight excluding hydrogens is 160 g/mol. The van der Waals surface area contributed by atoms with Crippen LogP contribution in [0.2, 0.25) is 0 Å². The summed E-state index contributed by atoms with van der Waals surface area (Å²) in [5.74, 6) is -1.16. The van der Waals surface area contributed by atoms with Crippen LogP contribution in [0.1, 0.15) is 6.42 Å². The van der Waals surface area contributed by atoms with Crippen LogP contribution < -0.4 is 17.2 Å². The Labute approximate surface area is 69.7 Å². The molecular formula is C6H12N4O2. The average Bonchev–Trinajstić information content (AvgIpc) is 1.97. The molecule has 6 nitrogen and oxygen atoms in total. The van der Waals surface area contributed by atoms with Crippen molar-refractivity contribution in [3.63, 3.8) is 0 Å². The molecule has 0 aromatic heterocycles. The first-order valence-electron chi connectivity index (χ1n) is 3.28. The molecule has 0 aromatic rings. The van der Waals surface area contributed by atoms with Crippen LogP contribution in [-0.4, -0.2) is 23.6 Å². The topological polar surface area (TPSA) is 128 Å². The van der Waals surface area contributed by atoms with E-state index >= 15 is 0 Å². The number of hydrogen-bond donors (Lipinski definition) is 4. The van der Waals surface area contributed by atoms with Gasteiger partial charge in [-0.3, -0.25) is 4.99 Å². The van der Waals surface area contributed by atoms with Gasteiger partial charge in [0.05, 0.1) is 0 Å². The summed E-state index contributed by atoms with van der Waals surface area (Å²) >= 11 is 0. The highest BCUT2D eigenvalue weighted by Crippen LogP contribution is 1.89. The van der Waals surface area contributed by atoms with Crippen LogP contribution in [0, 0.1) is 0 Å². The molecule has 0 heterocycles. The molecule has 7 N–H and O–H groups in total. The summed E-state index contributed by atoms with van der Waals surface area (Å²) in [5, 5.41) is 8.31. The van der Waals surface area contributed by atoms with E-state index in [1.165, 1.54) is 6.08 Å². The molecule has 68 valence electrons. The third-order valence-electron chi connectivity index (χ3n) is 1.03. The standard InChI is InChI=1S/C6H12N4O2/c7-4(5(11)12)2-1-3-10-6(8)9/h2H,1,3,7H2,(H,11,12)(H4,8,9,10). The SMILES string of the molecule is NC(=CCCN=C(N)N)C(=O)O. The van der Waals surface area contributed by atoms with Crippen molar-refractivity contribution in [2.45, 2.75) is 6.42 Å². The monoisotopic (exact) mass is 172 g/mol. The lowest BCUT2D eigenvalue weighted by molar-refractivity contribution is -0.132. The maximum Gasteiger partial charge on any atom is 0.351 e. The van der Waals surface area contributed by atoms with E-state index in [1.54, 1.807) is 0 Å². The summed E-state index contributed by atoms with van der Waals surface area (Å²) in [6.45, 7) is 0.344. The Bertz CT molecular complexity index is 218. The Morgan fingerprint density at radius 2 is 2.00 bits per heavy atom. The van der Waals surface area contributed by atoms with Crippen molar-refractivity contribution < 1.29 is 9.90 Å². The van der Waals surface area contributed by atoms with Gasteiger partial charge >= 0.3 is 5.97 Å². The van der Waals surface area contributed by atoms with Crippen LogP contribution in [0.15, 0.2) is 16.8 Å². The number of aliphatic carboxylic acids is 1. The number of nitrogens with zero attached hydrogens (tertiary/aromatic N) is 1. The van der Waals surface area contributed by atoms with Gasteiger partial charge in [0, 0.05) is 6.54 Å². The summed E-state index contributed by atoms with van der Waals surface area (Å²) in [7, 11) is 0. The molecule has 0 bridgehead atoms. The first kappa shape index (κ1) is 10.3. The van der Waals surface area contributed by atoms with Crippen LogP contribution in [0.25, 0.3) is 0 Å². The second-order valence-electron chi connectivity index (χ2n) is 2.06. The molecule has 0 aromatic carbocycles. The maximum absolute atomic E-state index is 10.1. The highest BCUT2D eigenvalue weighted by atomic mass is 16.4. The Balaban J connectivity index is 3.75. The number of hydrogen-bond acceptors (Lipinski definition) is 3. The third kappa shape index (κ3) is 5.10. The molecule has 0 fully saturated rings. The molecule has 0 aliphatic rings. The average molecular weight is 172 g/mol. The Morgan fingerprint density at radius 1 is 1.42 bits per heavy atom. The highest BCUT2D eigenvalue weighted by Gasteiger charge is 1.97. The predicted molar refractivity (Wildman–Crippen MR) is 45.2 cm³/mol. The minimum atomic E-state index is -1.14. The normalized spacial score (nSPS) is 10.8. The van der Waals surface area contributed by atoms with E-state index in [0.29, 0.717) is 13.0 Å². The number of carboxylic acids is 1. The zero-order valence-corrected chi connectivity index (χ0v) is 6.53. The van der Waals surface area contributed by atoms with Gasteiger partial charge in [-0.25, -0.2) is 4.79 Å². The van der Waals surface area contributed by atoms with Crippen LogP contribution >= 0.6 is 0 Å². The Morgan fingerprint density at radius 3 is 2.42 bits per heavy atom. The fourth-order valence-electron chi connectivity index (χ4n) is 0.501. The fraction of sp³-hybridized carbons (Fsp3) is 0.333. The molecule has 12 heavy (non-hydrogen) atoms. The second-order valence-corrected chi connectivity index (χ2v) is 2.06. The highest BCUT2D eigenvalue weighted by molar-refractivity contribution is 5.85. The molecule has 0 spiro atoms. The van der Waals surface area contributed by atoms with Crippen molar-refractivity contribution >= 4 is 11.9 Å². The largest absolute Gasteiger partial charge is 0.477 e. The van der Waals surface area contributed by atoms with Gasteiger partial charge in [-0.2, -0.15) is 0 Å². The summed E-state index contributed by atoms with van der Waals surface area (Å²) in [5.41, 5.74) is 14.9. The van der Waals surface area contributed by atoms with Crippen LogP contribution in [0.4, 0.5) is 0 Å². The summed E-state index contributed by atoms with van der Waals surface area (Å²) in [6.07, 6.45) is 1.77. The Hall–Kier alpha value is -1.72. The number of guanidine groups is 1. The van der Waals surface area contributed by atoms with Crippen molar-refractivity contribution in [3.8, 4) is 0 Å². The van der Waals surface area contributed by atoms with Gasteiger partial charge in [0.25, 0.3) is 0 Å². The first-order chi connectivity index (χ1) is 5.54. The Kier molecular flexibility index (Phi) is 4.28. The smallest absolute Gasteiger partial charge is 0.351 e. The van der Waals surface area contributed by atoms with Gasteiger partial charge in [-0.05, 0) is 6.42 Å². The van der Waals surface area contributed by atoms with Crippen molar-refractivity contribution in [1.82, 2.24) is 0 Å². The van der Waals surface area contributed by atoms with E-state index in [1.807, 2.05) is 0 Å². The van der Waals surface area contributed by atoms with E-state index in [0.717, 1.165) is 0 Å². The summed E-state index contributed by atoms with van der Waals surface area (Å²) in [6, 6.07) is 0. The van der Waals surface area contributed by atoms with Gasteiger partial charge in [-0.1, -0.05) is 6.08 Å². The van der Waals surface area contributed by atoms with Crippen LogP contribution in [-0.2, 0) is 4.79 Å².